The first-order valence-electron chi connectivity index (χ1n) is 9.51. The Morgan fingerprint density at radius 3 is 2.85 bits per heavy atom. The second-order valence-corrected chi connectivity index (χ2v) is 8.69. The second-order valence-electron chi connectivity index (χ2n) is 7.63. The molecule has 5 nitrogen and oxygen atoms in total. The van der Waals surface area contributed by atoms with Crippen molar-refractivity contribution in [1.82, 2.24) is 4.98 Å². The van der Waals surface area contributed by atoms with Crippen molar-refractivity contribution in [2.75, 3.05) is 16.8 Å². The number of anilines is 3. The third-order valence-corrected chi connectivity index (χ3v) is 7.03. The van der Waals surface area contributed by atoms with Crippen LogP contribution in [0, 0.1) is 11.3 Å². The predicted molar refractivity (Wildman–Crippen MR) is 114 cm³/mol. The van der Waals surface area contributed by atoms with Crippen LogP contribution in [0.1, 0.15) is 54.3 Å². The summed E-state index contributed by atoms with van der Waals surface area (Å²) in [5.41, 5.74) is 18.3. The molecule has 0 radical (unpaired) electrons. The zero-order valence-electron chi connectivity index (χ0n) is 15.0. The van der Waals surface area contributed by atoms with Crippen molar-refractivity contribution in [3.63, 3.8) is 0 Å². The van der Waals surface area contributed by atoms with Crippen LogP contribution in [0.3, 0.4) is 0 Å². The van der Waals surface area contributed by atoms with Gasteiger partial charge < -0.3 is 22.2 Å². The van der Waals surface area contributed by atoms with E-state index in [4.69, 9.17) is 16.9 Å². The number of hydrogen-bond acceptors (Lipinski definition) is 6. The summed E-state index contributed by atoms with van der Waals surface area (Å²) in [4.78, 5) is 4.39. The van der Waals surface area contributed by atoms with Crippen molar-refractivity contribution in [2.24, 2.45) is 5.92 Å². The summed E-state index contributed by atoms with van der Waals surface area (Å²) in [5.74, 6) is 0.955. The maximum Gasteiger partial charge on any atom is 0.181 e. The highest BCUT2D eigenvalue weighted by molar-refractivity contribution is 7.22. The van der Waals surface area contributed by atoms with Gasteiger partial charge in [0.2, 0.25) is 0 Å². The number of nitrogens with zero attached hydrogens (tertiary/aromatic N) is 1. The average Bonchev–Trinajstić information content (AvgIpc) is 3.06. The Morgan fingerprint density at radius 2 is 2.00 bits per heavy atom. The van der Waals surface area contributed by atoms with E-state index in [1.54, 1.807) is 11.3 Å². The van der Waals surface area contributed by atoms with Crippen molar-refractivity contribution in [3.05, 3.63) is 47.0 Å². The molecule has 3 atom stereocenters. The Morgan fingerprint density at radius 1 is 1.15 bits per heavy atom. The number of nitrogens with one attached hydrogen (secondary N) is 2. The fourth-order valence-electron chi connectivity index (χ4n) is 5.01. The average molecular weight is 378 g/mol. The fourth-order valence-corrected chi connectivity index (χ4v) is 5.80. The van der Waals surface area contributed by atoms with Crippen LogP contribution >= 0.6 is 11.3 Å². The van der Waals surface area contributed by atoms with Crippen LogP contribution in [0.25, 0.3) is 10.2 Å². The quantitative estimate of drug-likeness (QED) is 0.377. The number of hydrogen-bond donors (Lipinski definition) is 4. The number of benzene rings is 2. The van der Waals surface area contributed by atoms with E-state index < -0.39 is 0 Å². The number of nitrogen functional groups attached to an aromatic ring is 2. The minimum atomic E-state index is 0.262. The SMILES string of the molecule is N=Cc1c(N)ccc2c1C1CCCCC1[C@@H](c1ccc3nc(N)sc3c1)N2. The Kier molecular flexibility index (Phi) is 3.82. The normalized spacial score (nSPS) is 24.1. The third-order valence-electron chi connectivity index (χ3n) is 6.18. The van der Waals surface area contributed by atoms with E-state index in [1.165, 1.54) is 36.6 Å². The van der Waals surface area contributed by atoms with Crippen LogP contribution in [-0.2, 0) is 0 Å². The molecule has 0 spiro atoms. The van der Waals surface area contributed by atoms with Gasteiger partial charge in [0.25, 0.3) is 0 Å². The highest BCUT2D eigenvalue weighted by Crippen LogP contribution is 2.52. The van der Waals surface area contributed by atoms with E-state index in [1.807, 2.05) is 6.07 Å². The Bertz CT molecular complexity index is 1040. The molecule has 138 valence electrons. The van der Waals surface area contributed by atoms with E-state index in [-0.39, 0.29) is 6.04 Å². The molecule has 2 aliphatic rings. The van der Waals surface area contributed by atoms with E-state index >= 15 is 0 Å². The maximum absolute atomic E-state index is 7.89. The van der Waals surface area contributed by atoms with Gasteiger partial charge in [0, 0.05) is 23.2 Å². The molecular weight excluding hydrogens is 354 g/mol. The first-order chi connectivity index (χ1) is 13.2. The van der Waals surface area contributed by atoms with Gasteiger partial charge in [-0.1, -0.05) is 30.2 Å². The minimum Gasteiger partial charge on any atom is -0.398 e. The smallest absolute Gasteiger partial charge is 0.181 e. The maximum atomic E-state index is 7.89. The van der Waals surface area contributed by atoms with Crippen molar-refractivity contribution in [1.29, 1.82) is 5.41 Å². The van der Waals surface area contributed by atoms with Gasteiger partial charge in [0.15, 0.2) is 5.13 Å². The number of nitrogens with two attached hydrogens (primary N) is 2. The van der Waals surface area contributed by atoms with E-state index in [9.17, 15) is 0 Å². The van der Waals surface area contributed by atoms with Crippen molar-refractivity contribution >= 4 is 44.3 Å². The molecule has 27 heavy (non-hydrogen) atoms. The number of rotatable bonds is 2. The number of fused-ring (bicyclic) bond motifs is 4. The molecule has 6 heteroatoms. The van der Waals surface area contributed by atoms with Gasteiger partial charge in [0.1, 0.15) is 0 Å². The molecule has 2 heterocycles. The van der Waals surface area contributed by atoms with Crippen LogP contribution in [0.15, 0.2) is 30.3 Å². The first-order valence-corrected chi connectivity index (χ1v) is 10.3. The molecule has 1 fully saturated rings. The second kappa shape index (κ2) is 6.23. The standard InChI is InChI=1S/C21H23N5S/c22-10-14-15(23)6-8-17-19(14)12-3-1-2-4-13(12)20(25-17)11-5-7-16-18(9-11)27-21(24)26-16/h5-10,12-13,20,22,25H,1-4,23H2,(H2,24,26)/t12?,13?,20-/m1/s1. The van der Waals surface area contributed by atoms with Gasteiger partial charge in [0.05, 0.1) is 16.3 Å². The van der Waals surface area contributed by atoms with E-state index in [0.29, 0.717) is 22.7 Å². The largest absolute Gasteiger partial charge is 0.398 e. The van der Waals surface area contributed by atoms with Crippen molar-refractivity contribution < 1.29 is 0 Å². The predicted octanol–water partition coefficient (Wildman–Crippen LogP) is 4.90. The van der Waals surface area contributed by atoms with Crippen molar-refractivity contribution in [2.45, 2.75) is 37.6 Å². The van der Waals surface area contributed by atoms with Gasteiger partial charge in [-0.25, -0.2) is 4.98 Å². The molecule has 1 saturated carbocycles. The molecule has 0 saturated heterocycles. The molecule has 6 N–H and O–H groups in total. The number of aromatic nitrogens is 1. The van der Waals surface area contributed by atoms with E-state index in [2.05, 4.69) is 34.6 Å². The lowest BCUT2D eigenvalue weighted by atomic mass is 9.67. The zero-order valence-corrected chi connectivity index (χ0v) is 15.9. The summed E-state index contributed by atoms with van der Waals surface area (Å²) in [6.45, 7) is 0. The molecule has 1 aliphatic heterocycles. The highest BCUT2D eigenvalue weighted by Gasteiger charge is 2.40. The molecule has 5 rings (SSSR count). The van der Waals surface area contributed by atoms with Gasteiger partial charge in [-0.3, -0.25) is 0 Å². The minimum absolute atomic E-state index is 0.262. The summed E-state index contributed by atoms with van der Waals surface area (Å²) < 4.78 is 1.14. The molecule has 0 bridgehead atoms. The van der Waals surface area contributed by atoms with Crippen molar-refractivity contribution in [3.8, 4) is 0 Å². The summed E-state index contributed by atoms with van der Waals surface area (Å²) in [6.07, 6.45) is 6.28. The summed E-state index contributed by atoms with van der Waals surface area (Å²) >= 11 is 1.55. The van der Waals surface area contributed by atoms with Gasteiger partial charge in [-0.2, -0.15) is 0 Å². The van der Waals surface area contributed by atoms with Crippen LogP contribution in [0.4, 0.5) is 16.5 Å². The zero-order chi connectivity index (χ0) is 18.5. The topological polar surface area (TPSA) is 101 Å². The molecule has 0 amide bonds. The van der Waals surface area contributed by atoms with Crippen LogP contribution in [0.2, 0.25) is 0 Å². The first kappa shape index (κ1) is 16.6. The Labute approximate surface area is 162 Å². The summed E-state index contributed by atoms with van der Waals surface area (Å²) in [6, 6.07) is 10.8. The monoisotopic (exact) mass is 377 g/mol. The molecular formula is C21H23N5S. The van der Waals surface area contributed by atoms with Crippen LogP contribution in [0.5, 0.6) is 0 Å². The molecule has 3 aromatic rings. The van der Waals surface area contributed by atoms with E-state index in [0.717, 1.165) is 27.9 Å². The van der Waals surface area contributed by atoms with Gasteiger partial charge >= 0.3 is 0 Å². The molecule has 1 aliphatic carbocycles. The van der Waals surface area contributed by atoms with Crippen LogP contribution < -0.4 is 16.8 Å². The van der Waals surface area contributed by atoms with Crippen LogP contribution in [-0.4, -0.2) is 11.2 Å². The lowest BCUT2D eigenvalue weighted by molar-refractivity contribution is 0.265. The summed E-state index contributed by atoms with van der Waals surface area (Å²) in [7, 11) is 0. The fraction of sp³-hybridized carbons (Fsp3) is 0.333. The van der Waals surface area contributed by atoms with Gasteiger partial charge in [-0.05, 0) is 60.1 Å². The lowest BCUT2D eigenvalue weighted by Gasteiger charge is -2.44. The Balaban J connectivity index is 1.64. The molecule has 1 aromatic heterocycles. The highest BCUT2D eigenvalue weighted by atomic mass is 32.1. The Hall–Kier alpha value is -2.60. The molecule has 2 aromatic carbocycles. The lowest BCUT2D eigenvalue weighted by Crippen LogP contribution is -2.34. The third kappa shape index (κ3) is 2.58. The number of thiazole rings is 1. The summed E-state index contributed by atoms with van der Waals surface area (Å²) in [5, 5.41) is 12.3. The molecule has 2 unspecified atom stereocenters. The van der Waals surface area contributed by atoms with Gasteiger partial charge in [-0.15, -0.1) is 0 Å².